The Balaban J connectivity index is 0.876. The van der Waals surface area contributed by atoms with Crippen LogP contribution in [0.4, 0.5) is 34.1 Å². The summed E-state index contributed by atoms with van der Waals surface area (Å²) < 4.78 is 0. The third kappa shape index (κ3) is 6.70. The molecule has 0 N–H and O–H groups in total. The number of hydrogen-bond donors (Lipinski definition) is 0. The van der Waals surface area contributed by atoms with E-state index < -0.39 is 0 Å². The van der Waals surface area contributed by atoms with Crippen LogP contribution in [0.5, 0.6) is 0 Å². The Morgan fingerprint density at radius 2 is 0.467 bits per heavy atom. The van der Waals surface area contributed by atoms with Gasteiger partial charge in [-0.2, -0.15) is 0 Å². The van der Waals surface area contributed by atoms with Gasteiger partial charge in [-0.25, -0.2) is 0 Å². The summed E-state index contributed by atoms with van der Waals surface area (Å²) in [6.07, 6.45) is 0. The maximum Gasteiger partial charge on any atom is 0.0468 e. The lowest BCUT2D eigenvalue weighted by molar-refractivity contribution is 1.29. The van der Waals surface area contributed by atoms with Crippen molar-refractivity contribution in [3.8, 4) is 22.3 Å². The van der Waals surface area contributed by atoms with Crippen molar-refractivity contribution in [2.24, 2.45) is 0 Å². The quantitative estimate of drug-likeness (QED) is 0.142. The first-order valence-corrected chi connectivity index (χ1v) is 20.6. The minimum atomic E-state index is 1.12. The average Bonchev–Trinajstić information content (AvgIpc) is 3.32. The van der Waals surface area contributed by atoms with Gasteiger partial charge in [0.1, 0.15) is 0 Å². The van der Waals surface area contributed by atoms with Crippen molar-refractivity contribution >= 4 is 77.2 Å². The number of anilines is 6. The van der Waals surface area contributed by atoms with E-state index in [9.17, 15) is 0 Å². The second kappa shape index (κ2) is 15.1. The topological polar surface area (TPSA) is 6.48 Å². The molecule has 2 heteroatoms. The number of fused-ring (bicyclic) bond motifs is 4. The van der Waals surface area contributed by atoms with Gasteiger partial charge in [0, 0.05) is 34.1 Å². The van der Waals surface area contributed by atoms with Crippen LogP contribution in [0, 0.1) is 0 Å². The van der Waals surface area contributed by atoms with E-state index >= 15 is 0 Å². The van der Waals surface area contributed by atoms with Crippen LogP contribution in [0.3, 0.4) is 0 Å². The van der Waals surface area contributed by atoms with Crippen molar-refractivity contribution < 1.29 is 0 Å². The van der Waals surface area contributed by atoms with Gasteiger partial charge in [-0.1, -0.05) is 146 Å². The summed E-state index contributed by atoms with van der Waals surface area (Å²) in [6, 6.07) is 87.9. The molecule has 0 bridgehead atoms. The molecule has 0 aromatic heterocycles. The molecule has 0 heterocycles. The number of para-hydroxylation sites is 2. The number of rotatable bonds is 8. The summed E-state index contributed by atoms with van der Waals surface area (Å²) in [5, 5.41) is 9.87. The van der Waals surface area contributed by atoms with Crippen LogP contribution < -0.4 is 9.80 Å². The second-order valence-electron chi connectivity index (χ2n) is 15.5. The third-order valence-electron chi connectivity index (χ3n) is 11.7. The number of benzene rings is 11. The van der Waals surface area contributed by atoms with Crippen LogP contribution in [0.25, 0.3) is 65.3 Å². The molecule has 2 nitrogen and oxygen atoms in total. The van der Waals surface area contributed by atoms with Crippen LogP contribution in [-0.2, 0) is 0 Å². The van der Waals surface area contributed by atoms with Crippen molar-refractivity contribution in [3.63, 3.8) is 0 Å². The van der Waals surface area contributed by atoms with E-state index in [0.717, 1.165) is 34.1 Å². The molecule has 11 aromatic carbocycles. The van der Waals surface area contributed by atoms with Crippen molar-refractivity contribution in [1.29, 1.82) is 0 Å². The summed E-state index contributed by atoms with van der Waals surface area (Å²) in [4.78, 5) is 4.66. The van der Waals surface area contributed by atoms with Gasteiger partial charge in [0.2, 0.25) is 0 Å². The highest BCUT2D eigenvalue weighted by Gasteiger charge is 2.15. The van der Waals surface area contributed by atoms with E-state index in [0.29, 0.717) is 0 Å². The maximum absolute atomic E-state index is 2.33. The lowest BCUT2D eigenvalue weighted by atomic mass is 9.96. The molecule has 0 radical (unpaired) electrons. The molecule has 0 fully saturated rings. The Hall–Kier alpha value is -7.94. The molecular weight excluding hydrogens is 725 g/mol. The highest BCUT2D eigenvalue weighted by atomic mass is 15.1. The molecule has 0 aliphatic carbocycles. The normalized spacial score (nSPS) is 11.3. The van der Waals surface area contributed by atoms with E-state index in [1.165, 1.54) is 65.3 Å². The standard InChI is InChI=1S/C58H40N2/c1-3-15-53(16-4-1)59(57-33-27-41-11-7-9-13-45(41)39-57)55-29-23-43(24-30-55)47-19-21-49-38-52-36-48(20-22-50(52)37-51(49)35-47)44-25-31-56(32-26-44)60(54-17-5-2-6-18-54)58-34-28-42-12-8-10-14-46(42)40-58/h1-40H. The zero-order valence-corrected chi connectivity index (χ0v) is 33.0. The Kier molecular flexibility index (Phi) is 8.87. The summed E-state index contributed by atoms with van der Waals surface area (Å²) in [7, 11) is 0. The largest absolute Gasteiger partial charge is 0.310 e. The minimum absolute atomic E-state index is 1.12. The first-order valence-electron chi connectivity index (χ1n) is 20.6. The van der Waals surface area contributed by atoms with Gasteiger partial charge in [0.05, 0.1) is 0 Å². The number of nitrogens with zero attached hydrogens (tertiary/aromatic N) is 2. The first kappa shape index (κ1) is 35.2. The molecule has 0 atom stereocenters. The smallest absolute Gasteiger partial charge is 0.0468 e. The molecule has 0 saturated heterocycles. The molecule has 60 heavy (non-hydrogen) atoms. The molecule has 11 rings (SSSR count). The van der Waals surface area contributed by atoms with Crippen molar-refractivity contribution in [2.75, 3.05) is 9.80 Å². The summed E-state index contributed by atoms with van der Waals surface area (Å²) >= 11 is 0. The van der Waals surface area contributed by atoms with E-state index in [1.54, 1.807) is 0 Å². The van der Waals surface area contributed by atoms with Gasteiger partial charge in [-0.05, 0) is 162 Å². The molecule has 0 aliphatic rings. The fraction of sp³-hybridized carbons (Fsp3) is 0. The predicted octanol–water partition coefficient (Wildman–Crippen LogP) is 16.6. The first-order chi connectivity index (χ1) is 29.7. The summed E-state index contributed by atoms with van der Waals surface area (Å²) in [6.45, 7) is 0. The third-order valence-corrected chi connectivity index (χ3v) is 11.7. The predicted molar refractivity (Wildman–Crippen MR) is 257 cm³/mol. The maximum atomic E-state index is 2.33. The molecule has 0 unspecified atom stereocenters. The number of hydrogen-bond acceptors (Lipinski definition) is 2. The van der Waals surface area contributed by atoms with Crippen molar-refractivity contribution in [1.82, 2.24) is 0 Å². The van der Waals surface area contributed by atoms with Crippen molar-refractivity contribution in [2.45, 2.75) is 0 Å². The monoisotopic (exact) mass is 764 g/mol. The van der Waals surface area contributed by atoms with Crippen LogP contribution >= 0.6 is 0 Å². The second-order valence-corrected chi connectivity index (χ2v) is 15.5. The van der Waals surface area contributed by atoms with E-state index in [-0.39, 0.29) is 0 Å². The van der Waals surface area contributed by atoms with Crippen LogP contribution in [0.2, 0.25) is 0 Å². The Morgan fingerprint density at radius 1 is 0.167 bits per heavy atom. The lowest BCUT2D eigenvalue weighted by Gasteiger charge is -2.26. The molecular formula is C58H40N2. The minimum Gasteiger partial charge on any atom is -0.310 e. The van der Waals surface area contributed by atoms with Gasteiger partial charge >= 0.3 is 0 Å². The highest BCUT2D eigenvalue weighted by molar-refractivity contribution is 6.01. The molecule has 0 amide bonds. The van der Waals surface area contributed by atoms with E-state index in [4.69, 9.17) is 0 Å². The van der Waals surface area contributed by atoms with Crippen molar-refractivity contribution in [3.05, 3.63) is 243 Å². The molecule has 0 spiro atoms. The van der Waals surface area contributed by atoms with Gasteiger partial charge in [-0.3, -0.25) is 0 Å². The van der Waals surface area contributed by atoms with Crippen LogP contribution in [0.15, 0.2) is 243 Å². The van der Waals surface area contributed by atoms with Crippen LogP contribution in [-0.4, -0.2) is 0 Å². The zero-order valence-electron chi connectivity index (χ0n) is 33.0. The fourth-order valence-electron chi connectivity index (χ4n) is 8.64. The highest BCUT2D eigenvalue weighted by Crippen LogP contribution is 2.39. The lowest BCUT2D eigenvalue weighted by Crippen LogP contribution is -2.09. The van der Waals surface area contributed by atoms with Crippen LogP contribution in [0.1, 0.15) is 0 Å². The zero-order chi connectivity index (χ0) is 39.8. The van der Waals surface area contributed by atoms with E-state index in [2.05, 4.69) is 252 Å². The van der Waals surface area contributed by atoms with Gasteiger partial charge in [0.25, 0.3) is 0 Å². The van der Waals surface area contributed by atoms with Gasteiger partial charge in [0.15, 0.2) is 0 Å². The van der Waals surface area contributed by atoms with E-state index in [1.807, 2.05) is 0 Å². The molecule has 0 aliphatic heterocycles. The molecule has 0 saturated carbocycles. The summed E-state index contributed by atoms with van der Waals surface area (Å²) in [5.74, 6) is 0. The SMILES string of the molecule is c1ccc(N(c2ccc(-c3ccc4cc5cc(-c6ccc(N(c7ccccc7)c7ccc8ccccc8c7)cc6)ccc5cc4c3)cc2)c2ccc3ccccc3c2)cc1. The van der Waals surface area contributed by atoms with Gasteiger partial charge < -0.3 is 9.80 Å². The Bertz CT molecular complexity index is 3070. The Labute approximate surface area is 350 Å². The molecule has 282 valence electrons. The van der Waals surface area contributed by atoms with Gasteiger partial charge in [-0.15, -0.1) is 0 Å². The molecule has 11 aromatic rings. The Morgan fingerprint density at radius 3 is 0.883 bits per heavy atom. The fourth-order valence-corrected chi connectivity index (χ4v) is 8.64. The summed E-state index contributed by atoms with van der Waals surface area (Å²) in [5.41, 5.74) is 11.6. The average molecular weight is 765 g/mol.